The average Bonchev–Trinajstić information content (AvgIpc) is 3.14. The summed E-state index contributed by atoms with van der Waals surface area (Å²) in [6, 6.07) is 11.3. The van der Waals surface area contributed by atoms with Crippen molar-refractivity contribution in [3.63, 3.8) is 0 Å². The lowest BCUT2D eigenvalue weighted by Crippen LogP contribution is -2.46. The number of esters is 1. The van der Waals surface area contributed by atoms with E-state index in [1.165, 1.54) is 49.4 Å². The zero-order valence-electron chi connectivity index (χ0n) is 19.9. The Kier molecular flexibility index (Phi) is 6.81. The first-order valence-electron chi connectivity index (χ1n) is 11.2. The van der Waals surface area contributed by atoms with Crippen molar-refractivity contribution in [2.45, 2.75) is 37.5 Å². The molecule has 3 unspecified atom stereocenters. The second kappa shape index (κ2) is 9.46. The molecular weight excluding hydrogens is 514 g/mol. The van der Waals surface area contributed by atoms with Crippen LogP contribution in [0.25, 0.3) is 11.1 Å². The van der Waals surface area contributed by atoms with Crippen molar-refractivity contribution in [2.24, 2.45) is 0 Å². The van der Waals surface area contributed by atoms with Crippen LogP contribution in [-0.2, 0) is 15.1 Å². The van der Waals surface area contributed by atoms with Crippen LogP contribution in [0.4, 0.5) is 23.2 Å². The van der Waals surface area contributed by atoms with Crippen molar-refractivity contribution in [1.29, 1.82) is 0 Å². The summed E-state index contributed by atoms with van der Waals surface area (Å²) in [7, 11) is 1.16. The maximum Gasteiger partial charge on any atom is 0.422 e. The molecule has 2 N–H and O–H groups in total. The van der Waals surface area contributed by atoms with Crippen molar-refractivity contribution in [1.82, 2.24) is 0 Å². The molecule has 3 aromatic rings. The number of fused-ring (bicyclic) bond motifs is 1. The van der Waals surface area contributed by atoms with Crippen molar-refractivity contribution in [3.05, 3.63) is 87.7 Å². The highest BCUT2D eigenvalue weighted by atomic mass is 35.5. The summed E-state index contributed by atoms with van der Waals surface area (Å²) in [4.78, 5) is 23.6. The Bertz CT molecular complexity index is 1410. The van der Waals surface area contributed by atoms with E-state index >= 15 is 0 Å². The molecule has 3 atom stereocenters. The molecule has 194 valence electrons. The predicted octanol–water partition coefficient (Wildman–Crippen LogP) is 6.54. The molecule has 0 aliphatic carbocycles. The zero-order chi connectivity index (χ0) is 27.3. The van der Waals surface area contributed by atoms with Gasteiger partial charge in [-0.3, -0.25) is 4.79 Å². The Morgan fingerprint density at radius 2 is 1.81 bits per heavy atom. The average molecular weight is 536 g/mol. The Labute approximate surface area is 215 Å². The molecule has 37 heavy (non-hydrogen) atoms. The molecular formula is C27H22ClF4NO4. The molecule has 1 aliphatic heterocycles. The third-order valence-electron chi connectivity index (χ3n) is 6.84. The largest absolute Gasteiger partial charge is 0.465 e. The third kappa shape index (κ3) is 4.46. The molecule has 1 heterocycles. The van der Waals surface area contributed by atoms with Crippen LogP contribution in [0, 0.1) is 5.82 Å². The van der Waals surface area contributed by atoms with Gasteiger partial charge in [0.1, 0.15) is 5.82 Å². The van der Waals surface area contributed by atoms with Gasteiger partial charge in [-0.05, 0) is 59.5 Å². The van der Waals surface area contributed by atoms with Crippen LogP contribution in [0.5, 0.6) is 0 Å². The number of hydrogen-bond acceptors (Lipinski definition) is 4. The van der Waals surface area contributed by atoms with E-state index in [-0.39, 0.29) is 33.2 Å². The number of nitrogens with one attached hydrogen (secondary N) is 1. The lowest BCUT2D eigenvalue weighted by Gasteiger charge is -2.37. The molecule has 0 saturated heterocycles. The molecule has 3 aromatic carbocycles. The first-order valence-corrected chi connectivity index (χ1v) is 11.6. The minimum atomic E-state index is -5.10. The maximum atomic E-state index is 14.7. The van der Waals surface area contributed by atoms with E-state index in [1.54, 1.807) is 6.92 Å². The zero-order valence-corrected chi connectivity index (χ0v) is 20.7. The minimum Gasteiger partial charge on any atom is -0.465 e. The van der Waals surface area contributed by atoms with E-state index in [1.807, 2.05) is 0 Å². The topological polar surface area (TPSA) is 75.6 Å². The number of methoxy groups -OCH3 is 1. The van der Waals surface area contributed by atoms with Crippen LogP contribution in [0.1, 0.15) is 52.7 Å². The third-order valence-corrected chi connectivity index (χ3v) is 7.16. The Balaban J connectivity index is 1.75. The van der Waals surface area contributed by atoms with Crippen LogP contribution in [0.3, 0.4) is 0 Å². The van der Waals surface area contributed by atoms with E-state index in [0.29, 0.717) is 11.3 Å². The molecule has 4 rings (SSSR count). The predicted molar refractivity (Wildman–Crippen MR) is 130 cm³/mol. The fraction of sp³-hybridized carbons (Fsp3) is 0.259. The first-order chi connectivity index (χ1) is 17.3. The van der Waals surface area contributed by atoms with E-state index in [0.717, 1.165) is 19.2 Å². The highest BCUT2D eigenvalue weighted by Gasteiger charge is 2.59. The second-order valence-corrected chi connectivity index (χ2v) is 9.33. The van der Waals surface area contributed by atoms with Crippen LogP contribution in [0.15, 0.2) is 54.6 Å². The van der Waals surface area contributed by atoms with Gasteiger partial charge in [-0.15, -0.1) is 0 Å². The molecule has 10 heteroatoms. The first kappa shape index (κ1) is 26.6. The Morgan fingerprint density at radius 1 is 1.11 bits per heavy atom. The lowest BCUT2D eigenvalue weighted by atomic mass is 9.76. The highest BCUT2D eigenvalue weighted by Crippen LogP contribution is 2.51. The number of hydrogen-bond donors (Lipinski definition) is 2. The van der Waals surface area contributed by atoms with Crippen LogP contribution in [-0.4, -0.2) is 30.3 Å². The van der Waals surface area contributed by atoms with Gasteiger partial charge < -0.3 is 15.2 Å². The highest BCUT2D eigenvalue weighted by molar-refractivity contribution is 6.31. The number of halogens is 5. The number of alkyl halides is 3. The Hall–Kier alpha value is -3.43. The fourth-order valence-electron chi connectivity index (χ4n) is 4.58. The van der Waals surface area contributed by atoms with Gasteiger partial charge in [-0.25, -0.2) is 9.18 Å². The molecule has 0 spiro atoms. The standard InChI is InChI=1S/C27H22ClF4NO4/c1-13-20-12-17(6-9-23(20)33-24(13)34)26(36,27(30,31)32)14(2)18-7-4-15(10-21(18)28)19-8-5-16(11-22(19)29)25(35)37-3/h4-14,36H,1-3H3,(H,33,34). The Morgan fingerprint density at radius 3 is 2.41 bits per heavy atom. The van der Waals surface area contributed by atoms with Crippen molar-refractivity contribution in [3.8, 4) is 11.1 Å². The van der Waals surface area contributed by atoms with Crippen molar-refractivity contribution in [2.75, 3.05) is 12.4 Å². The number of carbonyl (C=O) groups excluding carboxylic acids is 2. The number of rotatable bonds is 5. The minimum absolute atomic E-state index is 0.00380. The van der Waals surface area contributed by atoms with Crippen molar-refractivity contribution >= 4 is 29.2 Å². The summed E-state index contributed by atoms with van der Waals surface area (Å²) in [6.45, 7) is 2.76. The second-order valence-electron chi connectivity index (χ2n) is 8.92. The molecule has 0 bridgehead atoms. The van der Waals surface area contributed by atoms with Gasteiger partial charge >= 0.3 is 12.1 Å². The van der Waals surface area contributed by atoms with E-state index < -0.39 is 41.0 Å². The van der Waals surface area contributed by atoms with Crippen LogP contribution >= 0.6 is 11.6 Å². The van der Waals surface area contributed by atoms with Crippen LogP contribution in [0.2, 0.25) is 5.02 Å². The van der Waals surface area contributed by atoms with E-state index in [9.17, 15) is 32.3 Å². The lowest BCUT2D eigenvalue weighted by molar-refractivity contribution is -0.274. The summed E-state index contributed by atoms with van der Waals surface area (Å²) >= 11 is 6.38. The molecule has 5 nitrogen and oxygen atoms in total. The number of ether oxygens (including phenoxy) is 1. The maximum absolute atomic E-state index is 14.7. The smallest absolute Gasteiger partial charge is 0.422 e. The van der Waals surface area contributed by atoms with Crippen molar-refractivity contribution < 1.29 is 37.0 Å². The SMILES string of the molecule is COC(=O)c1ccc(-c2ccc(C(C)C(O)(c3ccc4c(c3)C(C)C(=O)N4)C(F)(F)F)c(Cl)c2)c(F)c1. The molecule has 0 radical (unpaired) electrons. The molecule has 1 amide bonds. The number of carbonyl (C=O) groups is 2. The number of benzene rings is 3. The number of aliphatic hydroxyl groups is 1. The fourth-order valence-corrected chi connectivity index (χ4v) is 4.92. The van der Waals surface area contributed by atoms with Crippen LogP contribution < -0.4 is 5.32 Å². The van der Waals surface area contributed by atoms with E-state index in [2.05, 4.69) is 10.1 Å². The van der Waals surface area contributed by atoms with E-state index in [4.69, 9.17) is 11.6 Å². The summed E-state index contributed by atoms with van der Waals surface area (Å²) < 4.78 is 62.6. The van der Waals surface area contributed by atoms with Gasteiger partial charge in [0.2, 0.25) is 5.91 Å². The summed E-state index contributed by atoms with van der Waals surface area (Å²) in [6.07, 6.45) is -5.10. The monoisotopic (exact) mass is 535 g/mol. The van der Waals surface area contributed by atoms with Gasteiger partial charge in [0.15, 0.2) is 5.60 Å². The number of anilines is 1. The quantitative estimate of drug-likeness (QED) is 0.287. The van der Waals surface area contributed by atoms with Gasteiger partial charge in [-0.2, -0.15) is 13.2 Å². The van der Waals surface area contributed by atoms with Gasteiger partial charge in [-0.1, -0.05) is 42.8 Å². The summed E-state index contributed by atoms with van der Waals surface area (Å²) in [5.41, 5.74) is -2.71. The molecule has 0 saturated carbocycles. The van der Waals surface area contributed by atoms with Gasteiger partial charge in [0, 0.05) is 22.2 Å². The molecule has 0 aromatic heterocycles. The van der Waals surface area contributed by atoms with Gasteiger partial charge in [0.05, 0.1) is 18.6 Å². The van der Waals surface area contributed by atoms with Gasteiger partial charge in [0.25, 0.3) is 0 Å². The summed E-state index contributed by atoms with van der Waals surface area (Å²) in [5.74, 6) is -4.06. The molecule has 0 fully saturated rings. The summed E-state index contributed by atoms with van der Waals surface area (Å²) in [5, 5.41) is 13.7. The number of amides is 1. The molecule has 1 aliphatic rings. The normalized spacial score (nSPS) is 17.5.